The van der Waals surface area contributed by atoms with E-state index in [0.29, 0.717) is 0 Å². The first-order valence-electron chi connectivity index (χ1n) is 18.4. The van der Waals surface area contributed by atoms with Crippen molar-refractivity contribution in [3.63, 3.8) is 0 Å². The van der Waals surface area contributed by atoms with E-state index >= 15 is 0 Å². The maximum absolute atomic E-state index is 3.64. The number of anilines is 2. The van der Waals surface area contributed by atoms with Crippen molar-refractivity contribution in [2.45, 2.75) is 80.1 Å². The summed E-state index contributed by atoms with van der Waals surface area (Å²) in [6.07, 6.45) is 0. The van der Waals surface area contributed by atoms with E-state index in [0.717, 1.165) is 48.4 Å². The Labute approximate surface area is 300 Å². The zero-order valence-corrected chi connectivity index (χ0v) is 31.8. The lowest BCUT2D eigenvalue weighted by Crippen LogP contribution is -2.23. The molecule has 254 valence electrons. The third kappa shape index (κ3) is 6.65. The Bertz CT molecular complexity index is 2100. The summed E-state index contributed by atoms with van der Waals surface area (Å²) in [6.45, 7) is 26.2. The van der Waals surface area contributed by atoms with Gasteiger partial charge < -0.3 is 9.80 Å². The fourth-order valence-corrected chi connectivity index (χ4v) is 7.20. The van der Waals surface area contributed by atoms with Crippen molar-refractivity contribution >= 4 is 43.7 Å². The molecule has 0 saturated heterocycles. The van der Waals surface area contributed by atoms with Gasteiger partial charge in [-0.15, -0.1) is 0 Å². The summed E-state index contributed by atoms with van der Waals surface area (Å²) >= 11 is 0. The Kier molecular flexibility index (Phi) is 9.62. The van der Waals surface area contributed by atoms with Gasteiger partial charge in [-0.05, 0) is 96.8 Å². The predicted octanol–water partition coefficient (Wildman–Crippen LogP) is 11.7. The van der Waals surface area contributed by atoms with Crippen molar-refractivity contribution in [2.75, 3.05) is 36.0 Å². The minimum Gasteiger partial charge on any atom is -0.372 e. The maximum Gasteiger partial charge on any atom is 0.0458 e. The van der Waals surface area contributed by atoms with Crippen molar-refractivity contribution in [3.8, 4) is 23.7 Å². The number of benzene rings is 6. The molecule has 0 radical (unpaired) electrons. The zero-order chi connectivity index (χ0) is 35.8. The van der Waals surface area contributed by atoms with Crippen LogP contribution in [0.15, 0.2) is 84.9 Å². The molecule has 0 aromatic heterocycles. The maximum atomic E-state index is 3.64. The number of nitrogens with zero attached hydrogens (tertiary/aromatic N) is 2. The van der Waals surface area contributed by atoms with Crippen LogP contribution in [0.1, 0.15) is 103 Å². The minimum atomic E-state index is 0.112. The summed E-state index contributed by atoms with van der Waals surface area (Å²) < 4.78 is 0. The van der Waals surface area contributed by atoms with Gasteiger partial charge in [0.15, 0.2) is 0 Å². The largest absolute Gasteiger partial charge is 0.372 e. The lowest BCUT2D eigenvalue weighted by atomic mass is 9.86. The molecule has 0 aliphatic rings. The molecule has 0 atom stereocenters. The van der Waals surface area contributed by atoms with Crippen molar-refractivity contribution in [2.24, 2.45) is 0 Å². The highest BCUT2D eigenvalue weighted by atomic mass is 15.1. The SMILES string of the molecule is CCN(CC)c1cc(C#Cc2ccc(C(C)(C)C)cc2)c2ccc3c(C#Cc4ccc(C(C)(C)C)cc4)cc(N(CC)CC)c4ccc1c2c34. The molecule has 0 N–H and O–H groups in total. The summed E-state index contributed by atoms with van der Waals surface area (Å²) in [4.78, 5) is 4.92. The average molecular weight is 657 g/mol. The standard InChI is InChI=1S/C48H52N2/c1-11-49(12-2)43-31-35(21-15-33-17-23-37(24-18-33)47(5,6)7)39-27-28-40-36(22-16-34-19-25-38(26-20-34)48(8,9)10)32-44(50(13-3)14-4)42-30-29-41(43)45(39)46(40)42/h17-20,23-32H,11-14H2,1-10H3. The van der Waals surface area contributed by atoms with Gasteiger partial charge in [-0.3, -0.25) is 0 Å². The molecule has 6 rings (SSSR count). The van der Waals surface area contributed by atoms with Gasteiger partial charge in [0.1, 0.15) is 0 Å². The molecule has 0 fully saturated rings. The molecule has 0 bridgehead atoms. The summed E-state index contributed by atoms with van der Waals surface area (Å²) in [5, 5.41) is 7.50. The van der Waals surface area contributed by atoms with Gasteiger partial charge in [0.2, 0.25) is 0 Å². The van der Waals surface area contributed by atoms with E-state index in [1.807, 2.05) is 0 Å². The first kappa shape index (κ1) is 34.9. The van der Waals surface area contributed by atoms with Crippen LogP contribution in [0.3, 0.4) is 0 Å². The van der Waals surface area contributed by atoms with E-state index in [-0.39, 0.29) is 10.8 Å². The Morgan fingerprint density at radius 3 is 1.04 bits per heavy atom. The van der Waals surface area contributed by atoms with Crippen LogP contribution in [0.2, 0.25) is 0 Å². The van der Waals surface area contributed by atoms with Crippen LogP contribution in [-0.2, 0) is 10.8 Å². The van der Waals surface area contributed by atoms with Crippen LogP contribution in [0.4, 0.5) is 11.4 Å². The quantitative estimate of drug-likeness (QED) is 0.130. The lowest BCUT2D eigenvalue weighted by Gasteiger charge is -2.27. The second kappa shape index (κ2) is 13.8. The van der Waals surface area contributed by atoms with Gasteiger partial charge in [-0.2, -0.15) is 0 Å². The van der Waals surface area contributed by atoms with Gasteiger partial charge in [-0.25, -0.2) is 0 Å². The molecule has 0 saturated carbocycles. The Hall–Kier alpha value is -4.92. The fraction of sp³-hybridized carbons (Fsp3) is 0.333. The summed E-state index contributed by atoms with van der Waals surface area (Å²) in [5.74, 6) is 14.3. The zero-order valence-electron chi connectivity index (χ0n) is 31.8. The van der Waals surface area contributed by atoms with Crippen molar-refractivity contribution in [1.82, 2.24) is 0 Å². The first-order chi connectivity index (χ1) is 23.9. The number of hydrogen-bond donors (Lipinski definition) is 0. The van der Waals surface area contributed by atoms with Crippen molar-refractivity contribution in [3.05, 3.63) is 118 Å². The van der Waals surface area contributed by atoms with Crippen LogP contribution in [0, 0.1) is 23.7 Å². The van der Waals surface area contributed by atoms with Gasteiger partial charge >= 0.3 is 0 Å². The molecule has 0 amide bonds. The molecular formula is C48H52N2. The second-order valence-corrected chi connectivity index (χ2v) is 15.5. The predicted molar refractivity (Wildman–Crippen MR) is 220 cm³/mol. The van der Waals surface area contributed by atoms with Crippen LogP contribution in [0.5, 0.6) is 0 Å². The fourth-order valence-electron chi connectivity index (χ4n) is 7.20. The summed E-state index contributed by atoms with van der Waals surface area (Å²) in [5.41, 5.74) is 9.53. The lowest BCUT2D eigenvalue weighted by molar-refractivity contribution is 0.590. The monoisotopic (exact) mass is 656 g/mol. The van der Waals surface area contributed by atoms with E-state index in [1.165, 1.54) is 54.8 Å². The molecule has 0 aliphatic carbocycles. The highest BCUT2D eigenvalue weighted by Gasteiger charge is 2.21. The normalized spacial score (nSPS) is 11.8. The van der Waals surface area contributed by atoms with Gasteiger partial charge in [0, 0.05) is 81.4 Å². The molecule has 2 heteroatoms. The van der Waals surface area contributed by atoms with Crippen LogP contribution in [-0.4, -0.2) is 26.2 Å². The van der Waals surface area contributed by atoms with E-state index < -0.39 is 0 Å². The van der Waals surface area contributed by atoms with E-state index in [1.54, 1.807) is 0 Å². The molecule has 6 aromatic rings. The summed E-state index contributed by atoms with van der Waals surface area (Å²) in [6, 6.07) is 31.4. The molecule has 0 heterocycles. The van der Waals surface area contributed by atoms with E-state index in [9.17, 15) is 0 Å². The smallest absolute Gasteiger partial charge is 0.0458 e. The summed E-state index contributed by atoms with van der Waals surface area (Å²) in [7, 11) is 0. The third-order valence-electron chi connectivity index (χ3n) is 10.2. The van der Waals surface area contributed by atoms with Gasteiger partial charge in [0.25, 0.3) is 0 Å². The highest BCUT2D eigenvalue weighted by molar-refractivity contribution is 6.29. The Morgan fingerprint density at radius 1 is 0.420 bits per heavy atom. The molecular weight excluding hydrogens is 605 g/mol. The van der Waals surface area contributed by atoms with Crippen LogP contribution < -0.4 is 9.80 Å². The molecule has 0 aliphatic heterocycles. The van der Waals surface area contributed by atoms with Gasteiger partial charge in [0.05, 0.1) is 0 Å². The van der Waals surface area contributed by atoms with Gasteiger partial charge in [-0.1, -0.05) is 114 Å². The Morgan fingerprint density at radius 2 is 0.740 bits per heavy atom. The van der Waals surface area contributed by atoms with Crippen molar-refractivity contribution < 1.29 is 0 Å². The molecule has 0 unspecified atom stereocenters. The highest BCUT2D eigenvalue weighted by Crippen LogP contribution is 2.44. The average Bonchev–Trinajstić information content (AvgIpc) is 3.10. The minimum absolute atomic E-state index is 0.112. The number of rotatable bonds is 6. The van der Waals surface area contributed by atoms with E-state index in [2.05, 4.69) is 188 Å². The molecule has 0 spiro atoms. The topological polar surface area (TPSA) is 6.48 Å². The van der Waals surface area contributed by atoms with Crippen LogP contribution >= 0.6 is 0 Å². The Balaban J connectivity index is 1.62. The molecule has 6 aromatic carbocycles. The van der Waals surface area contributed by atoms with Crippen molar-refractivity contribution in [1.29, 1.82) is 0 Å². The van der Waals surface area contributed by atoms with E-state index in [4.69, 9.17) is 0 Å². The molecule has 2 nitrogen and oxygen atoms in total. The second-order valence-electron chi connectivity index (χ2n) is 15.5. The first-order valence-corrected chi connectivity index (χ1v) is 18.4. The number of hydrogen-bond acceptors (Lipinski definition) is 2. The van der Waals surface area contributed by atoms with Crippen LogP contribution in [0.25, 0.3) is 32.3 Å². The third-order valence-corrected chi connectivity index (χ3v) is 10.2. The molecule has 50 heavy (non-hydrogen) atoms.